The minimum atomic E-state index is -0.532. The summed E-state index contributed by atoms with van der Waals surface area (Å²) in [5.41, 5.74) is -0.101. The monoisotopic (exact) mass is 284 g/mol. The molecule has 0 bridgehead atoms. The summed E-state index contributed by atoms with van der Waals surface area (Å²) in [4.78, 5) is 13.9. The van der Waals surface area contributed by atoms with Crippen LogP contribution in [0.4, 0.5) is 5.69 Å². The molecule has 0 saturated carbocycles. The fourth-order valence-corrected chi connectivity index (χ4v) is 1.55. The number of rotatable bonds is 3. The maximum absolute atomic E-state index is 10.5. The van der Waals surface area contributed by atoms with Crippen LogP contribution in [0, 0.1) is 10.1 Å². The summed E-state index contributed by atoms with van der Waals surface area (Å²) in [5.74, 6) is 0.590. The molecular weight excluding hydrogens is 279 g/mol. The van der Waals surface area contributed by atoms with Crippen LogP contribution in [0.3, 0.4) is 0 Å². The van der Waals surface area contributed by atoms with Crippen molar-refractivity contribution in [1.29, 1.82) is 0 Å². The molecule has 7 heteroatoms. The first-order valence-electron chi connectivity index (χ1n) is 4.79. The van der Waals surface area contributed by atoms with Gasteiger partial charge in [0.25, 0.3) is 5.69 Å². The Morgan fingerprint density at radius 1 is 1.22 bits per heavy atom. The van der Waals surface area contributed by atoms with E-state index in [-0.39, 0.29) is 16.5 Å². The molecule has 0 saturated heterocycles. The van der Waals surface area contributed by atoms with Crippen molar-refractivity contribution in [2.24, 2.45) is 0 Å². The number of pyridine rings is 1. The van der Waals surface area contributed by atoms with Crippen molar-refractivity contribution in [3.8, 4) is 11.6 Å². The standard InChI is InChI=1S/C11H6Cl2N2O3/c12-7-1-4-11(14-6-7)18-10-3-2-8(15(16)17)5-9(10)13/h1-6H. The fourth-order valence-electron chi connectivity index (χ4n) is 1.22. The Morgan fingerprint density at radius 3 is 2.56 bits per heavy atom. The third kappa shape index (κ3) is 2.88. The van der Waals surface area contributed by atoms with Crippen LogP contribution in [0.2, 0.25) is 10.0 Å². The number of ether oxygens (including phenoxy) is 1. The molecule has 1 aromatic heterocycles. The Balaban J connectivity index is 2.24. The normalized spacial score (nSPS) is 10.1. The Bertz CT molecular complexity index is 587. The van der Waals surface area contributed by atoms with E-state index in [1.165, 1.54) is 24.4 Å². The van der Waals surface area contributed by atoms with E-state index in [1.54, 1.807) is 12.1 Å². The van der Waals surface area contributed by atoms with Gasteiger partial charge in [-0.1, -0.05) is 23.2 Å². The highest BCUT2D eigenvalue weighted by Gasteiger charge is 2.11. The van der Waals surface area contributed by atoms with Crippen molar-refractivity contribution >= 4 is 28.9 Å². The summed E-state index contributed by atoms with van der Waals surface area (Å²) in [7, 11) is 0. The first kappa shape index (κ1) is 12.6. The number of halogens is 2. The van der Waals surface area contributed by atoms with Crippen LogP contribution in [0.25, 0.3) is 0 Å². The summed E-state index contributed by atoms with van der Waals surface area (Å²) in [6, 6.07) is 7.12. The lowest BCUT2D eigenvalue weighted by Crippen LogP contribution is -1.91. The molecule has 0 N–H and O–H groups in total. The van der Waals surface area contributed by atoms with Crippen molar-refractivity contribution < 1.29 is 9.66 Å². The number of nitrogens with zero attached hydrogens (tertiary/aromatic N) is 2. The molecule has 2 aromatic rings. The van der Waals surface area contributed by atoms with Gasteiger partial charge in [0.05, 0.1) is 15.0 Å². The number of hydrogen-bond acceptors (Lipinski definition) is 4. The molecule has 0 aliphatic carbocycles. The molecule has 5 nitrogen and oxygen atoms in total. The number of aromatic nitrogens is 1. The van der Waals surface area contributed by atoms with Gasteiger partial charge in [0.2, 0.25) is 5.88 Å². The number of nitro benzene ring substituents is 1. The van der Waals surface area contributed by atoms with Crippen LogP contribution >= 0.6 is 23.2 Å². The average Bonchev–Trinajstić information content (AvgIpc) is 2.34. The Morgan fingerprint density at radius 2 is 2.00 bits per heavy atom. The molecule has 0 fully saturated rings. The quantitative estimate of drug-likeness (QED) is 0.629. The summed E-state index contributed by atoms with van der Waals surface area (Å²) >= 11 is 11.6. The summed E-state index contributed by atoms with van der Waals surface area (Å²) in [6.45, 7) is 0. The van der Waals surface area contributed by atoms with E-state index in [4.69, 9.17) is 27.9 Å². The van der Waals surface area contributed by atoms with E-state index in [9.17, 15) is 10.1 Å². The molecule has 0 unspecified atom stereocenters. The third-order valence-corrected chi connectivity index (χ3v) is 2.56. The summed E-state index contributed by atoms with van der Waals surface area (Å²) in [5, 5.41) is 11.2. The molecule has 92 valence electrons. The van der Waals surface area contributed by atoms with Gasteiger partial charge in [-0.15, -0.1) is 0 Å². The van der Waals surface area contributed by atoms with Crippen molar-refractivity contribution in [2.45, 2.75) is 0 Å². The zero-order chi connectivity index (χ0) is 13.1. The minimum absolute atomic E-state index is 0.101. The molecule has 0 aliphatic rings. The lowest BCUT2D eigenvalue weighted by Gasteiger charge is -2.06. The number of hydrogen-bond donors (Lipinski definition) is 0. The first-order valence-corrected chi connectivity index (χ1v) is 5.55. The zero-order valence-electron chi connectivity index (χ0n) is 8.84. The maximum Gasteiger partial charge on any atom is 0.271 e. The van der Waals surface area contributed by atoms with E-state index in [0.29, 0.717) is 10.9 Å². The summed E-state index contributed by atoms with van der Waals surface area (Å²) in [6.07, 6.45) is 1.43. The molecule has 1 heterocycles. The van der Waals surface area contributed by atoms with Crippen LogP contribution in [0.5, 0.6) is 11.6 Å². The van der Waals surface area contributed by atoms with Gasteiger partial charge in [0.15, 0.2) is 0 Å². The van der Waals surface area contributed by atoms with E-state index >= 15 is 0 Å². The molecule has 0 radical (unpaired) electrons. The molecule has 18 heavy (non-hydrogen) atoms. The second-order valence-corrected chi connectivity index (χ2v) is 4.13. The lowest BCUT2D eigenvalue weighted by molar-refractivity contribution is -0.384. The van der Waals surface area contributed by atoms with Gasteiger partial charge in [-0.05, 0) is 12.1 Å². The molecule has 2 rings (SSSR count). The SMILES string of the molecule is O=[N+]([O-])c1ccc(Oc2ccc(Cl)cn2)c(Cl)c1. The van der Waals surface area contributed by atoms with Gasteiger partial charge in [0.1, 0.15) is 5.75 Å². The van der Waals surface area contributed by atoms with Gasteiger partial charge in [-0.3, -0.25) is 10.1 Å². The van der Waals surface area contributed by atoms with E-state index in [0.717, 1.165) is 0 Å². The highest BCUT2D eigenvalue weighted by atomic mass is 35.5. The first-order chi connectivity index (χ1) is 8.56. The molecule has 0 atom stereocenters. The van der Waals surface area contributed by atoms with Gasteiger partial charge in [-0.25, -0.2) is 4.98 Å². The predicted octanol–water partition coefficient (Wildman–Crippen LogP) is 4.09. The summed E-state index contributed by atoms with van der Waals surface area (Å²) < 4.78 is 5.37. The Kier molecular flexibility index (Phi) is 3.64. The Hall–Kier alpha value is -1.85. The number of non-ortho nitro benzene ring substituents is 1. The second kappa shape index (κ2) is 5.20. The number of benzene rings is 1. The highest BCUT2D eigenvalue weighted by molar-refractivity contribution is 6.32. The molecule has 0 amide bonds. The average molecular weight is 285 g/mol. The fraction of sp³-hybridized carbons (Fsp3) is 0. The Labute approximate surface area is 112 Å². The second-order valence-electron chi connectivity index (χ2n) is 3.29. The number of nitro groups is 1. The minimum Gasteiger partial charge on any atom is -0.437 e. The maximum atomic E-state index is 10.5. The largest absolute Gasteiger partial charge is 0.437 e. The smallest absolute Gasteiger partial charge is 0.271 e. The van der Waals surface area contributed by atoms with Gasteiger partial charge >= 0.3 is 0 Å². The van der Waals surface area contributed by atoms with Crippen molar-refractivity contribution in [2.75, 3.05) is 0 Å². The van der Waals surface area contributed by atoms with E-state index in [2.05, 4.69) is 4.98 Å². The van der Waals surface area contributed by atoms with Gasteiger partial charge in [0, 0.05) is 24.4 Å². The molecule has 0 aliphatic heterocycles. The van der Waals surface area contributed by atoms with Gasteiger partial charge < -0.3 is 4.74 Å². The van der Waals surface area contributed by atoms with Crippen molar-refractivity contribution in [1.82, 2.24) is 4.98 Å². The molecular formula is C11H6Cl2N2O3. The van der Waals surface area contributed by atoms with Crippen LogP contribution < -0.4 is 4.74 Å². The van der Waals surface area contributed by atoms with Crippen molar-refractivity contribution in [3.05, 3.63) is 56.7 Å². The zero-order valence-corrected chi connectivity index (χ0v) is 10.4. The lowest BCUT2D eigenvalue weighted by atomic mass is 10.3. The highest BCUT2D eigenvalue weighted by Crippen LogP contribution is 2.31. The topological polar surface area (TPSA) is 65.3 Å². The van der Waals surface area contributed by atoms with E-state index < -0.39 is 4.92 Å². The van der Waals surface area contributed by atoms with E-state index in [1.807, 2.05) is 0 Å². The third-order valence-electron chi connectivity index (χ3n) is 2.04. The predicted molar refractivity (Wildman–Crippen MR) is 67.4 cm³/mol. The van der Waals surface area contributed by atoms with Crippen molar-refractivity contribution in [3.63, 3.8) is 0 Å². The molecule has 1 aromatic carbocycles. The van der Waals surface area contributed by atoms with Gasteiger partial charge in [-0.2, -0.15) is 0 Å². The van der Waals surface area contributed by atoms with Crippen LogP contribution in [-0.2, 0) is 0 Å². The van der Waals surface area contributed by atoms with Crippen LogP contribution in [-0.4, -0.2) is 9.91 Å². The van der Waals surface area contributed by atoms with Crippen LogP contribution in [0.1, 0.15) is 0 Å². The molecule has 0 spiro atoms. The van der Waals surface area contributed by atoms with Crippen LogP contribution in [0.15, 0.2) is 36.5 Å².